The first-order chi connectivity index (χ1) is 22.3. The molecule has 2 aliphatic carbocycles. The van der Waals surface area contributed by atoms with Gasteiger partial charge in [0.05, 0.1) is 25.1 Å². The predicted molar refractivity (Wildman–Crippen MR) is 179 cm³/mol. The maximum Gasteiger partial charge on any atom is 0.245 e. The zero-order chi connectivity index (χ0) is 31.6. The van der Waals surface area contributed by atoms with E-state index in [4.69, 9.17) is 0 Å². The lowest BCUT2D eigenvalue weighted by Crippen LogP contribution is -2.59. The van der Waals surface area contributed by atoms with Crippen molar-refractivity contribution < 1.29 is 14.4 Å². The van der Waals surface area contributed by atoms with E-state index >= 15 is 0 Å². The molecule has 1 N–H and O–H groups in total. The number of rotatable bonds is 5. The standard InChI is InChI=1S/C36H28N6O3S/c1-21-14-27-26-15-31(43)25-11-7-6-10-23(25)24(26)12-13-28(27)36(2,33(21)45)42-20-41(30-16-37-19-38-34(30)42)17-32(44)40-35-39-29(18-46-35)22-8-4-3-5-9-22/h3-16,18-19,21H,17,20H2,1-2H3,(H,39,40,44). The number of aromatic nitrogens is 3. The van der Waals surface area contributed by atoms with Gasteiger partial charge in [-0.1, -0.05) is 79.7 Å². The largest absolute Gasteiger partial charge is 0.340 e. The normalized spacial score (nSPS) is 19.4. The molecular weight excluding hydrogens is 597 g/mol. The lowest BCUT2D eigenvalue weighted by Gasteiger charge is -2.42. The summed E-state index contributed by atoms with van der Waals surface area (Å²) in [7, 11) is 0. The van der Waals surface area contributed by atoms with Gasteiger partial charge in [-0.2, -0.15) is 0 Å². The molecule has 3 aliphatic rings. The molecular formula is C36H28N6O3S. The molecule has 2 aromatic heterocycles. The first kappa shape index (κ1) is 28.0. The zero-order valence-corrected chi connectivity index (χ0v) is 25.9. The highest BCUT2D eigenvalue weighted by Crippen LogP contribution is 2.44. The second-order valence-corrected chi connectivity index (χ2v) is 12.7. The summed E-state index contributed by atoms with van der Waals surface area (Å²) in [5, 5.41) is 7.05. The number of thiazole rings is 1. The van der Waals surface area contributed by atoms with Gasteiger partial charge in [0.2, 0.25) is 5.91 Å². The summed E-state index contributed by atoms with van der Waals surface area (Å²) in [6.07, 6.45) is 6.79. The number of hydrogen-bond acceptors (Lipinski definition) is 9. The molecule has 0 saturated heterocycles. The number of nitrogens with zero attached hydrogens (tertiary/aromatic N) is 5. The second kappa shape index (κ2) is 10.6. The van der Waals surface area contributed by atoms with Gasteiger partial charge in [0.25, 0.3) is 0 Å². The minimum Gasteiger partial charge on any atom is -0.340 e. The second-order valence-electron chi connectivity index (χ2n) is 11.9. The maximum atomic E-state index is 14.2. The van der Waals surface area contributed by atoms with Crippen LogP contribution >= 0.6 is 11.3 Å². The van der Waals surface area contributed by atoms with Gasteiger partial charge in [-0.25, -0.2) is 15.0 Å². The van der Waals surface area contributed by atoms with Crippen molar-refractivity contribution in [3.63, 3.8) is 0 Å². The van der Waals surface area contributed by atoms with E-state index in [0.29, 0.717) is 22.2 Å². The average molecular weight is 625 g/mol. The third-order valence-corrected chi connectivity index (χ3v) is 9.91. The monoisotopic (exact) mass is 624 g/mol. The smallest absolute Gasteiger partial charge is 0.245 e. The van der Waals surface area contributed by atoms with E-state index in [-0.39, 0.29) is 30.7 Å². The molecule has 1 aliphatic heterocycles. The van der Waals surface area contributed by atoms with Crippen LogP contribution in [0, 0.1) is 5.92 Å². The molecule has 10 heteroatoms. The van der Waals surface area contributed by atoms with Crippen LogP contribution in [0.25, 0.3) is 34.5 Å². The molecule has 0 radical (unpaired) electrons. The maximum absolute atomic E-state index is 14.2. The lowest BCUT2D eigenvalue weighted by molar-refractivity contribution is -0.126. The molecule has 3 aromatic carbocycles. The number of benzene rings is 3. The Balaban J connectivity index is 1.14. The Morgan fingerprint density at radius 2 is 1.78 bits per heavy atom. The van der Waals surface area contributed by atoms with Crippen LogP contribution < -0.4 is 25.6 Å². The lowest BCUT2D eigenvalue weighted by atomic mass is 9.73. The first-order valence-corrected chi connectivity index (χ1v) is 15.9. The summed E-state index contributed by atoms with van der Waals surface area (Å²) < 4.78 is 0. The Morgan fingerprint density at radius 1 is 1.00 bits per heavy atom. The Hall–Kier alpha value is -5.48. The number of hydrogen-bond donors (Lipinski definition) is 1. The molecule has 2 unspecified atom stereocenters. The topological polar surface area (TPSA) is 108 Å². The Labute approximate surface area is 268 Å². The van der Waals surface area contributed by atoms with Gasteiger partial charge in [0, 0.05) is 22.4 Å². The van der Waals surface area contributed by atoms with Crippen LogP contribution in [-0.2, 0) is 15.1 Å². The van der Waals surface area contributed by atoms with Crippen LogP contribution in [0.4, 0.5) is 16.6 Å². The minimum absolute atomic E-state index is 0.00887. The Bertz CT molecular complexity index is 2210. The molecule has 8 rings (SSSR count). The van der Waals surface area contributed by atoms with Crippen LogP contribution in [0.2, 0.25) is 0 Å². The first-order valence-electron chi connectivity index (χ1n) is 15.0. The number of fused-ring (bicyclic) bond motifs is 6. The summed E-state index contributed by atoms with van der Waals surface area (Å²) in [6.45, 7) is 4.06. The summed E-state index contributed by atoms with van der Waals surface area (Å²) in [4.78, 5) is 58.1. The molecule has 226 valence electrons. The van der Waals surface area contributed by atoms with Gasteiger partial charge in [0.1, 0.15) is 17.6 Å². The van der Waals surface area contributed by atoms with Crippen molar-refractivity contribution >= 4 is 57.6 Å². The number of carbonyl (C=O) groups excluding carboxylic acids is 3. The van der Waals surface area contributed by atoms with Gasteiger partial charge in [-0.05, 0) is 40.1 Å². The van der Waals surface area contributed by atoms with E-state index in [1.807, 2.05) is 102 Å². The number of anilines is 3. The fourth-order valence-electron chi connectivity index (χ4n) is 6.91. The van der Waals surface area contributed by atoms with Crippen molar-refractivity contribution in [2.45, 2.75) is 19.4 Å². The van der Waals surface area contributed by atoms with Crippen LogP contribution in [-0.4, -0.2) is 45.6 Å². The highest BCUT2D eigenvalue weighted by Gasteiger charge is 2.50. The molecule has 46 heavy (non-hydrogen) atoms. The fraction of sp³-hybridized carbons (Fsp3) is 0.167. The van der Waals surface area contributed by atoms with E-state index < -0.39 is 11.5 Å². The van der Waals surface area contributed by atoms with Crippen molar-refractivity contribution in [1.82, 2.24) is 15.0 Å². The fourth-order valence-corrected chi connectivity index (χ4v) is 7.64. The van der Waals surface area contributed by atoms with Gasteiger partial charge < -0.3 is 15.1 Å². The van der Waals surface area contributed by atoms with Crippen molar-refractivity contribution in [2.75, 3.05) is 28.3 Å². The molecule has 0 spiro atoms. The molecule has 9 nitrogen and oxygen atoms in total. The number of carbonyl (C=O) groups is 3. The van der Waals surface area contributed by atoms with Crippen LogP contribution in [0.3, 0.4) is 0 Å². The average Bonchev–Trinajstić information content (AvgIpc) is 3.69. The number of amides is 1. The third kappa shape index (κ3) is 4.28. The Morgan fingerprint density at radius 3 is 2.61 bits per heavy atom. The van der Waals surface area contributed by atoms with Crippen molar-refractivity contribution in [1.29, 1.82) is 0 Å². The van der Waals surface area contributed by atoms with E-state index in [2.05, 4.69) is 20.3 Å². The summed E-state index contributed by atoms with van der Waals surface area (Å²) >= 11 is 1.37. The zero-order valence-electron chi connectivity index (χ0n) is 25.1. The van der Waals surface area contributed by atoms with Gasteiger partial charge in [-0.15, -0.1) is 11.3 Å². The van der Waals surface area contributed by atoms with Crippen LogP contribution in [0.5, 0.6) is 0 Å². The molecule has 0 fully saturated rings. The Kier molecular flexibility index (Phi) is 6.43. The predicted octanol–water partition coefficient (Wildman–Crippen LogP) is 4.38. The molecule has 1 amide bonds. The van der Waals surface area contributed by atoms with Crippen LogP contribution in [0.15, 0.2) is 84.6 Å². The SMILES string of the molecule is CC1C=c2c(ccc3c2=CC(=O)c2ccccc2-3)C(C)(N2CN(CC(=O)Nc3nc(-c4ccccc4)cs3)c3cncnc32)C1=O. The number of nitrogens with one attached hydrogen (secondary N) is 1. The third-order valence-electron chi connectivity index (χ3n) is 9.16. The van der Waals surface area contributed by atoms with Crippen molar-refractivity contribution in [2.24, 2.45) is 5.92 Å². The van der Waals surface area contributed by atoms with Crippen molar-refractivity contribution in [3.8, 4) is 22.4 Å². The van der Waals surface area contributed by atoms with Crippen LogP contribution in [0.1, 0.15) is 29.8 Å². The van der Waals surface area contributed by atoms with Gasteiger partial charge in [0.15, 0.2) is 22.5 Å². The summed E-state index contributed by atoms with van der Waals surface area (Å²) in [5.74, 6) is -0.134. The number of ketones is 2. The van der Waals surface area contributed by atoms with E-state index in [1.54, 1.807) is 12.3 Å². The van der Waals surface area contributed by atoms with E-state index in [0.717, 1.165) is 38.4 Å². The summed E-state index contributed by atoms with van der Waals surface area (Å²) in [5.41, 5.74) is 4.63. The quantitative estimate of drug-likeness (QED) is 0.307. The number of Topliss-reactive ketones (excluding diaryl/α,β-unsaturated/α-hetero) is 2. The van der Waals surface area contributed by atoms with Gasteiger partial charge >= 0.3 is 0 Å². The van der Waals surface area contributed by atoms with E-state index in [9.17, 15) is 14.4 Å². The highest BCUT2D eigenvalue weighted by atomic mass is 32.1. The molecule has 3 heterocycles. The minimum atomic E-state index is -1.12. The molecule has 5 aromatic rings. The molecule has 2 atom stereocenters. The summed E-state index contributed by atoms with van der Waals surface area (Å²) in [6, 6.07) is 21.4. The van der Waals surface area contributed by atoms with E-state index in [1.165, 1.54) is 17.7 Å². The van der Waals surface area contributed by atoms with Gasteiger partial charge in [-0.3, -0.25) is 14.4 Å². The highest BCUT2D eigenvalue weighted by molar-refractivity contribution is 7.14. The molecule has 0 bridgehead atoms. The van der Waals surface area contributed by atoms with Crippen molar-refractivity contribution in [3.05, 3.63) is 106 Å². The molecule has 0 saturated carbocycles.